The molecule has 0 aromatic rings. The third kappa shape index (κ3) is 1.99. The summed E-state index contributed by atoms with van der Waals surface area (Å²) in [4.78, 5) is 12.3. The fourth-order valence-electron chi connectivity index (χ4n) is 4.75. The molecule has 4 saturated carbocycles. The van der Waals surface area contributed by atoms with Gasteiger partial charge in [0.15, 0.2) is 0 Å². The minimum Gasteiger partial charge on any atom is -0.352 e. The molecule has 3 N–H and O–H groups in total. The van der Waals surface area contributed by atoms with E-state index in [0.717, 1.165) is 11.8 Å². The quantitative estimate of drug-likeness (QED) is 0.780. The number of nitrogens with one attached hydrogen (secondary N) is 1. The number of carbonyl (C=O) groups excluding carboxylic acids is 1. The molecule has 4 aliphatic carbocycles. The zero-order valence-electron chi connectivity index (χ0n) is 10.7. The first-order valence-corrected chi connectivity index (χ1v) is 7.17. The van der Waals surface area contributed by atoms with E-state index in [-0.39, 0.29) is 11.9 Å². The highest BCUT2D eigenvalue weighted by Gasteiger charge is 2.50. The van der Waals surface area contributed by atoms with Crippen LogP contribution in [-0.2, 0) is 4.79 Å². The smallest absolute Gasteiger partial charge is 0.223 e. The Labute approximate surface area is 104 Å². The first-order valence-electron chi connectivity index (χ1n) is 7.17. The lowest BCUT2D eigenvalue weighted by Crippen LogP contribution is -2.53. The van der Waals surface area contributed by atoms with Crippen LogP contribution >= 0.6 is 0 Å². The van der Waals surface area contributed by atoms with E-state index in [0.29, 0.717) is 24.3 Å². The molecule has 0 spiro atoms. The lowest BCUT2D eigenvalue weighted by atomic mass is 9.51. The van der Waals surface area contributed by atoms with Crippen LogP contribution in [-0.4, -0.2) is 18.5 Å². The van der Waals surface area contributed by atoms with Crippen LogP contribution in [0.3, 0.4) is 0 Å². The molecule has 1 atom stereocenters. The van der Waals surface area contributed by atoms with Crippen molar-refractivity contribution in [3.63, 3.8) is 0 Å². The van der Waals surface area contributed by atoms with E-state index in [1.54, 1.807) is 0 Å². The Hall–Kier alpha value is -0.570. The molecule has 96 valence electrons. The average Bonchev–Trinajstić information content (AvgIpc) is 2.27. The van der Waals surface area contributed by atoms with Crippen molar-refractivity contribution in [2.24, 2.45) is 35.3 Å². The molecule has 4 bridgehead atoms. The van der Waals surface area contributed by atoms with Gasteiger partial charge in [0.25, 0.3) is 0 Å². The van der Waals surface area contributed by atoms with E-state index < -0.39 is 0 Å². The van der Waals surface area contributed by atoms with Gasteiger partial charge >= 0.3 is 0 Å². The van der Waals surface area contributed by atoms with Gasteiger partial charge in [-0.3, -0.25) is 4.79 Å². The van der Waals surface area contributed by atoms with Crippen LogP contribution in [0.1, 0.15) is 39.0 Å². The second-order valence-corrected chi connectivity index (χ2v) is 6.60. The van der Waals surface area contributed by atoms with Crippen molar-refractivity contribution in [1.29, 1.82) is 0 Å². The molecule has 0 saturated heterocycles. The Balaban J connectivity index is 1.69. The monoisotopic (exact) mass is 236 g/mol. The maximum atomic E-state index is 12.3. The second-order valence-electron chi connectivity index (χ2n) is 6.60. The summed E-state index contributed by atoms with van der Waals surface area (Å²) in [6, 6.07) is 0.125. The van der Waals surface area contributed by atoms with Crippen molar-refractivity contribution in [3.8, 4) is 0 Å². The van der Waals surface area contributed by atoms with E-state index in [4.69, 9.17) is 5.73 Å². The van der Waals surface area contributed by atoms with E-state index in [9.17, 15) is 4.79 Å². The summed E-state index contributed by atoms with van der Waals surface area (Å²) < 4.78 is 0. The topological polar surface area (TPSA) is 55.1 Å². The number of rotatable bonds is 3. The third-order valence-corrected chi connectivity index (χ3v) is 5.27. The van der Waals surface area contributed by atoms with Crippen LogP contribution < -0.4 is 11.1 Å². The van der Waals surface area contributed by atoms with Crippen molar-refractivity contribution >= 4 is 5.91 Å². The number of hydrogen-bond acceptors (Lipinski definition) is 2. The normalized spacial score (nSPS) is 44.7. The van der Waals surface area contributed by atoms with Crippen molar-refractivity contribution < 1.29 is 4.79 Å². The minimum atomic E-state index is 0.125. The van der Waals surface area contributed by atoms with E-state index in [1.807, 2.05) is 6.92 Å². The Morgan fingerprint density at radius 3 is 2.18 bits per heavy atom. The molecule has 0 aliphatic heterocycles. The number of carbonyl (C=O) groups is 1. The maximum Gasteiger partial charge on any atom is 0.223 e. The van der Waals surface area contributed by atoms with Gasteiger partial charge in [-0.05, 0) is 62.7 Å². The Morgan fingerprint density at radius 1 is 1.18 bits per heavy atom. The predicted molar refractivity (Wildman–Crippen MR) is 67.2 cm³/mol. The summed E-state index contributed by atoms with van der Waals surface area (Å²) in [5.41, 5.74) is 5.58. The van der Waals surface area contributed by atoms with Crippen LogP contribution in [0, 0.1) is 29.6 Å². The van der Waals surface area contributed by atoms with Crippen LogP contribution in [0.15, 0.2) is 0 Å². The molecule has 0 unspecified atom stereocenters. The van der Waals surface area contributed by atoms with Gasteiger partial charge in [-0.1, -0.05) is 0 Å². The largest absolute Gasteiger partial charge is 0.352 e. The fourth-order valence-corrected chi connectivity index (χ4v) is 4.75. The first kappa shape index (κ1) is 11.5. The van der Waals surface area contributed by atoms with Crippen LogP contribution in [0.5, 0.6) is 0 Å². The molecule has 1 amide bonds. The fraction of sp³-hybridized carbons (Fsp3) is 0.929. The van der Waals surface area contributed by atoms with Gasteiger partial charge in [0, 0.05) is 18.5 Å². The van der Waals surface area contributed by atoms with E-state index in [1.165, 1.54) is 32.1 Å². The van der Waals surface area contributed by atoms with Crippen LogP contribution in [0.2, 0.25) is 0 Å². The average molecular weight is 236 g/mol. The molecule has 17 heavy (non-hydrogen) atoms. The Bertz CT molecular complexity index is 287. The molecule has 0 heterocycles. The van der Waals surface area contributed by atoms with Crippen molar-refractivity contribution in [2.45, 2.75) is 45.1 Å². The predicted octanol–water partition coefficient (Wildman–Crippen LogP) is 1.52. The molecule has 4 fully saturated rings. The maximum absolute atomic E-state index is 12.3. The highest BCUT2D eigenvalue weighted by molar-refractivity contribution is 5.80. The Morgan fingerprint density at radius 2 is 1.71 bits per heavy atom. The summed E-state index contributed by atoms with van der Waals surface area (Å²) in [5, 5.41) is 3.09. The Kier molecular flexibility index (Phi) is 2.89. The number of nitrogens with two attached hydrogens (primary N) is 1. The van der Waals surface area contributed by atoms with E-state index in [2.05, 4.69) is 5.32 Å². The summed E-state index contributed by atoms with van der Waals surface area (Å²) in [6.07, 6.45) is 6.68. The summed E-state index contributed by atoms with van der Waals surface area (Å²) in [6.45, 7) is 2.53. The summed E-state index contributed by atoms with van der Waals surface area (Å²) >= 11 is 0. The van der Waals surface area contributed by atoms with Gasteiger partial charge in [0.1, 0.15) is 0 Å². The molecule has 4 rings (SSSR count). The zero-order chi connectivity index (χ0) is 12.0. The van der Waals surface area contributed by atoms with Crippen LogP contribution in [0.25, 0.3) is 0 Å². The zero-order valence-corrected chi connectivity index (χ0v) is 10.7. The molecule has 3 nitrogen and oxygen atoms in total. The van der Waals surface area contributed by atoms with Crippen molar-refractivity contribution in [3.05, 3.63) is 0 Å². The molecule has 0 radical (unpaired) electrons. The molecule has 4 aliphatic rings. The van der Waals surface area contributed by atoms with Gasteiger partial charge in [0.05, 0.1) is 0 Å². The first-order chi connectivity index (χ1) is 8.17. The number of hydrogen-bond donors (Lipinski definition) is 2. The molecular weight excluding hydrogens is 212 g/mol. The van der Waals surface area contributed by atoms with E-state index >= 15 is 0 Å². The van der Waals surface area contributed by atoms with Crippen molar-refractivity contribution in [2.75, 3.05) is 6.54 Å². The third-order valence-electron chi connectivity index (χ3n) is 5.27. The summed E-state index contributed by atoms with van der Waals surface area (Å²) in [7, 11) is 0. The van der Waals surface area contributed by atoms with Crippen LogP contribution in [0.4, 0.5) is 0 Å². The molecule has 3 heteroatoms. The summed E-state index contributed by atoms with van der Waals surface area (Å²) in [5.74, 6) is 3.82. The van der Waals surface area contributed by atoms with Gasteiger partial charge < -0.3 is 11.1 Å². The SMILES string of the molecule is C[C@H](CN)NC(=O)C1C2CC3CC(C2)CC1C3. The lowest BCUT2D eigenvalue weighted by Gasteiger charge is -2.53. The minimum absolute atomic E-state index is 0.125. The molecule has 0 aromatic heterocycles. The van der Waals surface area contributed by atoms with Gasteiger partial charge in [0.2, 0.25) is 5.91 Å². The van der Waals surface area contributed by atoms with Crippen molar-refractivity contribution in [1.82, 2.24) is 5.32 Å². The second kappa shape index (κ2) is 4.27. The highest BCUT2D eigenvalue weighted by Crippen LogP contribution is 2.56. The van der Waals surface area contributed by atoms with Gasteiger partial charge in [-0.15, -0.1) is 0 Å². The van der Waals surface area contributed by atoms with Gasteiger partial charge in [-0.2, -0.15) is 0 Å². The standard InChI is InChI=1S/C14H24N2O/c1-8(7-15)16-14(17)13-11-3-9-2-10(5-11)6-12(13)4-9/h8-13H,2-7,15H2,1H3,(H,16,17)/t8-,9?,10?,11?,12?,13?/m1/s1. The molecular formula is C14H24N2O. The van der Waals surface area contributed by atoms with Gasteiger partial charge in [-0.25, -0.2) is 0 Å². The number of amides is 1. The molecule has 0 aromatic carbocycles. The lowest BCUT2D eigenvalue weighted by molar-refractivity contribution is -0.138. The highest BCUT2D eigenvalue weighted by atomic mass is 16.2.